The molecule has 1 fully saturated rings. The Morgan fingerprint density at radius 3 is 2.40 bits per heavy atom. The highest BCUT2D eigenvalue weighted by molar-refractivity contribution is 6.52. The van der Waals surface area contributed by atoms with E-state index < -0.39 is 11.7 Å². The van der Waals surface area contributed by atoms with Crippen molar-refractivity contribution in [1.82, 2.24) is 0 Å². The van der Waals surface area contributed by atoms with Crippen molar-refractivity contribution in [3.8, 4) is 0 Å². The van der Waals surface area contributed by atoms with Crippen molar-refractivity contribution in [3.63, 3.8) is 0 Å². The van der Waals surface area contributed by atoms with Crippen molar-refractivity contribution >= 4 is 23.1 Å². The highest BCUT2D eigenvalue weighted by Gasteiger charge is 2.34. The summed E-state index contributed by atoms with van der Waals surface area (Å²) >= 11 is 0. The topological polar surface area (TPSA) is 40.6 Å². The van der Waals surface area contributed by atoms with Crippen LogP contribution in [0.3, 0.4) is 0 Å². The minimum atomic E-state index is -0.433. The second-order valence-corrected chi connectivity index (χ2v) is 6.25. The van der Waals surface area contributed by atoms with Gasteiger partial charge in [-0.1, -0.05) is 13.8 Å². The Hall–Kier alpha value is -1.84. The van der Waals surface area contributed by atoms with Gasteiger partial charge in [0.2, 0.25) is 0 Å². The lowest BCUT2D eigenvalue weighted by molar-refractivity contribution is -0.114. The summed E-state index contributed by atoms with van der Waals surface area (Å²) in [7, 11) is 1.66. The third-order valence-electron chi connectivity index (χ3n) is 4.32. The smallest absolute Gasteiger partial charge is 0.299 e. The van der Waals surface area contributed by atoms with E-state index in [1.807, 2.05) is 12.1 Å². The standard InChI is InChI=1S/C16H20N2O2/c1-10-6-11(2)9-18(8-10)12-4-5-13-14(7-12)17(3)16(20)15(13)19/h4-5,7,10-11H,6,8-9H2,1-3H3. The molecule has 0 aliphatic carbocycles. The van der Waals surface area contributed by atoms with E-state index in [-0.39, 0.29) is 0 Å². The van der Waals surface area contributed by atoms with Gasteiger partial charge in [0.15, 0.2) is 0 Å². The van der Waals surface area contributed by atoms with Crippen LogP contribution in [-0.2, 0) is 4.79 Å². The number of benzene rings is 1. The lowest BCUT2D eigenvalue weighted by Gasteiger charge is -2.36. The van der Waals surface area contributed by atoms with E-state index in [0.29, 0.717) is 17.4 Å². The van der Waals surface area contributed by atoms with E-state index in [0.717, 1.165) is 24.5 Å². The zero-order chi connectivity index (χ0) is 14.4. The molecule has 1 aromatic rings. The lowest BCUT2D eigenvalue weighted by Crippen LogP contribution is -2.38. The predicted molar refractivity (Wildman–Crippen MR) is 79.3 cm³/mol. The minimum absolute atomic E-state index is 0.394. The molecule has 0 saturated carbocycles. The third-order valence-corrected chi connectivity index (χ3v) is 4.32. The first-order valence-corrected chi connectivity index (χ1v) is 7.18. The van der Waals surface area contributed by atoms with Crippen LogP contribution < -0.4 is 9.80 Å². The Balaban J connectivity index is 1.94. The summed E-state index contributed by atoms with van der Waals surface area (Å²) in [5.41, 5.74) is 2.37. The molecule has 106 valence electrons. The molecular weight excluding hydrogens is 252 g/mol. The first kappa shape index (κ1) is 13.2. The Kier molecular flexibility index (Phi) is 3.04. The van der Waals surface area contributed by atoms with Crippen molar-refractivity contribution in [2.24, 2.45) is 11.8 Å². The summed E-state index contributed by atoms with van der Waals surface area (Å²) < 4.78 is 0. The number of hydrogen-bond acceptors (Lipinski definition) is 3. The van der Waals surface area contributed by atoms with Gasteiger partial charge in [0.1, 0.15) is 0 Å². The molecule has 2 aliphatic rings. The molecule has 2 heterocycles. The van der Waals surface area contributed by atoms with Crippen LogP contribution in [0.5, 0.6) is 0 Å². The minimum Gasteiger partial charge on any atom is -0.371 e. The van der Waals surface area contributed by atoms with Gasteiger partial charge < -0.3 is 9.80 Å². The lowest BCUT2D eigenvalue weighted by atomic mass is 9.91. The van der Waals surface area contributed by atoms with Gasteiger partial charge in [-0.05, 0) is 36.5 Å². The van der Waals surface area contributed by atoms with Crippen LogP contribution in [0, 0.1) is 11.8 Å². The van der Waals surface area contributed by atoms with Crippen LogP contribution in [0.2, 0.25) is 0 Å². The SMILES string of the molecule is CC1CC(C)CN(c2ccc3c(c2)N(C)C(=O)C3=O)C1. The third kappa shape index (κ3) is 1.99. The predicted octanol–water partition coefficient (Wildman–Crippen LogP) is 2.33. The number of carbonyl (C=O) groups is 2. The van der Waals surface area contributed by atoms with E-state index >= 15 is 0 Å². The Morgan fingerprint density at radius 1 is 1.10 bits per heavy atom. The number of fused-ring (bicyclic) bond motifs is 1. The van der Waals surface area contributed by atoms with E-state index in [2.05, 4.69) is 18.7 Å². The number of hydrogen-bond donors (Lipinski definition) is 0. The maximum atomic E-state index is 11.8. The average Bonchev–Trinajstić information content (AvgIpc) is 2.62. The van der Waals surface area contributed by atoms with Crippen LogP contribution in [0.25, 0.3) is 0 Å². The summed E-state index contributed by atoms with van der Waals surface area (Å²) in [6.07, 6.45) is 1.26. The summed E-state index contributed by atoms with van der Waals surface area (Å²) in [5.74, 6) is 0.521. The number of ketones is 1. The molecule has 2 aliphatic heterocycles. The molecule has 0 bridgehead atoms. The van der Waals surface area contributed by atoms with Crippen LogP contribution in [0.15, 0.2) is 18.2 Å². The summed E-state index contributed by atoms with van der Waals surface area (Å²) in [4.78, 5) is 27.3. The van der Waals surface area contributed by atoms with Gasteiger partial charge in [0.05, 0.1) is 11.3 Å². The molecule has 3 rings (SSSR count). The van der Waals surface area contributed by atoms with Gasteiger partial charge in [-0.3, -0.25) is 9.59 Å². The van der Waals surface area contributed by atoms with Gasteiger partial charge in [0.25, 0.3) is 11.7 Å². The zero-order valence-corrected chi connectivity index (χ0v) is 12.2. The summed E-state index contributed by atoms with van der Waals surface area (Å²) in [6, 6.07) is 5.73. The number of Topliss-reactive ketones (excluding diaryl/α,β-unsaturated/α-hetero) is 1. The van der Waals surface area contributed by atoms with Crippen LogP contribution >= 0.6 is 0 Å². The van der Waals surface area contributed by atoms with Crippen molar-refractivity contribution in [2.45, 2.75) is 20.3 Å². The molecule has 0 N–H and O–H groups in total. The Morgan fingerprint density at radius 2 is 1.75 bits per heavy atom. The number of anilines is 2. The molecule has 1 aromatic carbocycles. The molecule has 20 heavy (non-hydrogen) atoms. The highest BCUT2D eigenvalue weighted by Crippen LogP contribution is 2.34. The molecular formula is C16H20N2O2. The largest absolute Gasteiger partial charge is 0.371 e. The normalized spacial score (nSPS) is 26.1. The van der Waals surface area contributed by atoms with Crippen LogP contribution in [0.1, 0.15) is 30.6 Å². The van der Waals surface area contributed by atoms with Gasteiger partial charge in [-0.25, -0.2) is 0 Å². The van der Waals surface area contributed by atoms with Crippen molar-refractivity contribution in [2.75, 3.05) is 29.9 Å². The Labute approximate surface area is 119 Å². The van der Waals surface area contributed by atoms with Gasteiger partial charge in [0, 0.05) is 25.8 Å². The van der Waals surface area contributed by atoms with Gasteiger partial charge in [-0.15, -0.1) is 0 Å². The molecule has 2 unspecified atom stereocenters. The maximum Gasteiger partial charge on any atom is 0.299 e. The second-order valence-electron chi connectivity index (χ2n) is 6.25. The fraction of sp³-hybridized carbons (Fsp3) is 0.500. The number of carbonyl (C=O) groups excluding carboxylic acids is 2. The van der Waals surface area contributed by atoms with Gasteiger partial charge in [-0.2, -0.15) is 0 Å². The fourth-order valence-corrected chi connectivity index (χ4v) is 3.44. The number of rotatable bonds is 1. The second kappa shape index (κ2) is 4.62. The summed E-state index contributed by atoms with van der Waals surface area (Å²) in [5, 5.41) is 0. The number of nitrogens with zero attached hydrogens (tertiary/aromatic N) is 2. The highest BCUT2D eigenvalue weighted by atomic mass is 16.2. The van der Waals surface area contributed by atoms with Crippen molar-refractivity contribution in [1.29, 1.82) is 0 Å². The first-order chi connectivity index (χ1) is 9.47. The molecule has 0 radical (unpaired) electrons. The molecule has 4 nitrogen and oxygen atoms in total. The molecule has 4 heteroatoms. The fourth-order valence-electron chi connectivity index (χ4n) is 3.44. The quantitative estimate of drug-likeness (QED) is 0.737. The van der Waals surface area contributed by atoms with Crippen molar-refractivity contribution < 1.29 is 9.59 Å². The van der Waals surface area contributed by atoms with Crippen LogP contribution in [-0.4, -0.2) is 31.8 Å². The van der Waals surface area contributed by atoms with Crippen LogP contribution in [0.4, 0.5) is 11.4 Å². The zero-order valence-electron chi connectivity index (χ0n) is 12.2. The number of likely N-dealkylation sites (N-methyl/N-ethyl adjacent to an activating group) is 1. The van der Waals surface area contributed by atoms with Gasteiger partial charge >= 0.3 is 0 Å². The molecule has 2 atom stereocenters. The molecule has 1 saturated heterocycles. The molecule has 0 aromatic heterocycles. The first-order valence-electron chi connectivity index (χ1n) is 7.18. The Bertz CT molecular complexity index is 572. The van der Waals surface area contributed by atoms with E-state index in [1.54, 1.807) is 13.1 Å². The number of piperidine rings is 1. The maximum absolute atomic E-state index is 11.8. The van der Waals surface area contributed by atoms with E-state index in [4.69, 9.17) is 0 Å². The van der Waals surface area contributed by atoms with E-state index in [1.165, 1.54) is 11.3 Å². The summed E-state index contributed by atoms with van der Waals surface area (Å²) in [6.45, 7) is 6.62. The molecule has 1 amide bonds. The number of amides is 1. The van der Waals surface area contributed by atoms with Crippen molar-refractivity contribution in [3.05, 3.63) is 23.8 Å². The molecule has 0 spiro atoms. The average molecular weight is 272 g/mol. The monoisotopic (exact) mass is 272 g/mol. The van der Waals surface area contributed by atoms with E-state index in [9.17, 15) is 9.59 Å².